The van der Waals surface area contributed by atoms with Crippen LogP contribution in [0.15, 0.2) is 78.9 Å². The van der Waals surface area contributed by atoms with Gasteiger partial charge in [0.2, 0.25) is 0 Å². The molecule has 2 N–H and O–H groups in total. The monoisotopic (exact) mass is 534 g/mol. The zero-order chi connectivity index (χ0) is 27.9. The summed E-state index contributed by atoms with van der Waals surface area (Å²) in [7, 11) is 1.57. The zero-order valence-corrected chi connectivity index (χ0v) is 22.7. The summed E-state index contributed by atoms with van der Waals surface area (Å²) in [6.07, 6.45) is 2.18. The predicted octanol–water partition coefficient (Wildman–Crippen LogP) is 5.66. The van der Waals surface area contributed by atoms with Crippen molar-refractivity contribution in [2.45, 2.75) is 38.7 Å². The van der Waals surface area contributed by atoms with Crippen LogP contribution in [-0.2, 0) is 22.4 Å². The van der Waals surface area contributed by atoms with Gasteiger partial charge in [-0.25, -0.2) is 9.59 Å². The highest BCUT2D eigenvalue weighted by atomic mass is 16.5. The van der Waals surface area contributed by atoms with Crippen molar-refractivity contribution in [3.63, 3.8) is 0 Å². The summed E-state index contributed by atoms with van der Waals surface area (Å²) in [6, 6.07) is 24.7. The molecule has 3 rings (SSSR count). The van der Waals surface area contributed by atoms with Crippen molar-refractivity contribution in [2.24, 2.45) is 0 Å². The van der Waals surface area contributed by atoms with E-state index in [0.29, 0.717) is 43.5 Å². The minimum Gasteiger partial charge on any atom is -0.495 e. The van der Waals surface area contributed by atoms with Gasteiger partial charge in [0.05, 0.1) is 19.3 Å². The lowest BCUT2D eigenvalue weighted by molar-refractivity contribution is -0.149. The molecule has 0 aromatic heterocycles. The number of unbranched alkanes of at least 4 members (excludes halogenated alkanes) is 1. The van der Waals surface area contributed by atoms with E-state index in [1.807, 2.05) is 48.5 Å². The summed E-state index contributed by atoms with van der Waals surface area (Å²) >= 11 is 0. The summed E-state index contributed by atoms with van der Waals surface area (Å²) in [5, 5.41) is 12.3. The number of carbonyl (C=O) groups excluding carboxylic acids is 1. The third-order valence-electron chi connectivity index (χ3n) is 6.24. The maximum absolute atomic E-state index is 13.2. The van der Waals surface area contributed by atoms with Crippen molar-refractivity contribution < 1.29 is 28.9 Å². The number of carboxylic acids is 1. The quantitative estimate of drug-likeness (QED) is 0.230. The normalized spacial score (nSPS) is 11.4. The van der Waals surface area contributed by atoms with Gasteiger partial charge in [-0.15, -0.1) is 0 Å². The van der Waals surface area contributed by atoms with E-state index in [-0.39, 0.29) is 12.5 Å². The van der Waals surface area contributed by atoms with Crippen LogP contribution in [0.3, 0.4) is 0 Å². The lowest BCUT2D eigenvalue weighted by Crippen LogP contribution is -2.38. The fourth-order valence-corrected chi connectivity index (χ4v) is 4.16. The van der Waals surface area contributed by atoms with Crippen LogP contribution in [-0.4, -0.2) is 61.5 Å². The lowest BCUT2D eigenvalue weighted by atomic mass is 10.1. The molecule has 0 aliphatic carbocycles. The van der Waals surface area contributed by atoms with E-state index in [4.69, 9.17) is 14.2 Å². The number of amides is 2. The molecule has 1 unspecified atom stereocenters. The van der Waals surface area contributed by atoms with Crippen molar-refractivity contribution in [1.29, 1.82) is 0 Å². The number of nitrogens with zero attached hydrogens (tertiary/aromatic N) is 1. The molecule has 3 aromatic carbocycles. The molecule has 8 nitrogen and oxygen atoms in total. The number of methoxy groups -OCH3 is 1. The molecule has 0 saturated heterocycles. The number of para-hydroxylation sites is 2. The van der Waals surface area contributed by atoms with E-state index in [9.17, 15) is 14.7 Å². The second kappa shape index (κ2) is 16.0. The first-order valence-electron chi connectivity index (χ1n) is 13.3. The Balaban J connectivity index is 1.56. The summed E-state index contributed by atoms with van der Waals surface area (Å²) in [5.41, 5.74) is 2.74. The molecule has 0 radical (unpaired) electrons. The van der Waals surface area contributed by atoms with Gasteiger partial charge < -0.3 is 29.5 Å². The summed E-state index contributed by atoms with van der Waals surface area (Å²) < 4.78 is 16.6. The van der Waals surface area contributed by atoms with Gasteiger partial charge in [0, 0.05) is 19.6 Å². The van der Waals surface area contributed by atoms with Crippen LogP contribution in [0.5, 0.6) is 11.5 Å². The molecule has 3 aromatic rings. The average Bonchev–Trinajstić information content (AvgIpc) is 2.95. The summed E-state index contributed by atoms with van der Waals surface area (Å²) in [6.45, 7) is 3.42. The van der Waals surface area contributed by atoms with Crippen LogP contribution in [0.4, 0.5) is 10.5 Å². The molecule has 0 bridgehead atoms. The lowest BCUT2D eigenvalue weighted by Gasteiger charge is -2.24. The number of ether oxygens (including phenoxy) is 3. The predicted molar refractivity (Wildman–Crippen MR) is 152 cm³/mol. The molecule has 1 atom stereocenters. The number of hydrogen-bond donors (Lipinski definition) is 2. The number of aryl methyl sites for hydroxylation is 1. The van der Waals surface area contributed by atoms with Crippen molar-refractivity contribution in [1.82, 2.24) is 4.90 Å². The van der Waals surface area contributed by atoms with Gasteiger partial charge in [-0.05, 0) is 61.6 Å². The van der Waals surface area contributed by atoms with Crippen molar-refractivity contribution in [3.8, 4) is 11.5 Å². The van der Waals surface area contributed by atoms with Gasteiger partial charge in [0.25, 0.3) is 0 Å². The molecule has 2 amide bonds. The summed E-state index contributed by atoms with van der Waals surface area (Å²) in [5.74, 6) is 0.268. The number of carboxylic acid groups (broad SMARTS) is 1. The van der Waals surface area contributed by atoms with Crippen LogP contribution >= 0.6 is 0 Å². The number of nitrogens with one attached hydrogen (secondary N) is 1. The van der Waals surface area contributed by atoms with E-state index >= 15 is 0 Å². The molecule has 0 fully saturated rings. The second-order valence-electron chi connectivity index (χ2n) is 9.04. The SMILES string of the molecule is CCOC(Cc1ccc(OCCN(CCCCc2ccccc2)C(=O)Nc2ccccc2OC)cc1)C(=O)O. The Morgan fingerprint density at radius 1 is 0.897 bits per heavy atom. The molecule has 0 saturated carbocycles. The first-order valence-corrected chi connectivity index (χ1v) is 13.3. The van der Waals surface area contributed by atoms with E-state index < -0.39 is 12.1 Å². The standard InChI is InChI=1S/C31H38N2O6/c1-3-38-29(30(34)35)23-25-16-18-26(19-17-25)39-22-21-33(20-10-9-13-24-11-5-4-6-12-24)31(36)32-27-14-7-8-15-28(27)37-2/h4-8,11-12,14-19,29H,3,9-10,13,20-23H2,1-2H3,(H,32,36)(H,34,35). The Kier molecular flexibility index (Phi) is 12.1. The van der Waals surface area contributed by atoms with Gasteiger partial charge in [-0.2, -0.15) is 0 Å². The Morgan fingerprint density at radius 2 is 1.62 bits per heavy atom. The topological polar surface area (TPSA) is 97.3 Å². The van der Waals surface area contributed by atoms with Crippen LogP contribution in [0.25, 0.3) is 0 Å². The Labute approximate surface area is 230 Å². The van der Waals surface area contributed by atoms with Gasteiger partial charge in [-0.1, -0.05) is 54.6 Å². The first-order chi connectivity index (χ1) is 19.0. The van der Waals surface area contributed by atoms with E-state index in [2.05, 4.69) is 17.4 Å². The Hall–Kier alpha value is -4.04. The molecule has 208 valence electrons. The first kappa shape index (κ1) is 29.5. The second-order valence-corrected chi connectivity index (χ2v) is 9.04. The average molecular weight is 535 g/mol. The van der Waals surface area contributed by atoms with E-state index in [1.54, 1.807) is 37.1 Å². The van der Waals surface area contributed by atoms with Gasteiger partial charge in [-0.3, -0.25) is 0 Å². The Morgan fingerprint density at radius 3 is 2.31 bits per heavy atom. The highest BCUT2D eigenvalue weighted by Gasteiger charge is 2.18. The molecule has 39 heavy (non-hydrogen) atoms. The highest BCUT2D eigenvalue weighted by molar-refractivity contribution is 5.91. The van der Waals surface area contributed by atoms with Crippen LogP contribution in [0.2, 0.25) is 0 Å². The van der Waals surface area contributed by atoms with Gasteiger partial charge >= 0.3 is 12.0 Å². The molecular weight excluding hydrogens is 496 g/mol. The minimum atomic E-state index is -0.979. The number of hydrogen-bond acceptors (Lipinski definition) is 5. The summed E-state index contributed by atoms with van der Waals surface area (Å²) in [4.78, 5) is 26.3. The molecular formula is C31H38N2O6. The van der Waals surface area contributed by atoms with E-state index in [1.165, 1.54) is 5.56 Å². The van der Waals surface area contributed by atoms with Crippen LogP contribution in [0.1, 0.15) is 30.9 Å². The highest BCUT2D eigenvalue weighted by Crippen LogP contribution is 2.23. The van der Waals surface area contributed by atoms with Gasteiger partial charge in [0.1, 0.15) is 18.1 Å². The minimum absolute atomic E-state index is 0.214. The zero-order valence-electron chi connectivity index (χ0n) is 22.7. The van der Waals surface area contributed by atoms with Crippen molar-refractivity contribution in [2.75, 3.05) is 38.7 Å². The number of aliphatic carboxylic acids is 1. The number of anilines is 1. The smallest absolute Gasteiger partial charge is 0.333 e. The molecule has 0 aliphatic rings. The molecule has 0 aliphatic heterocycles. The number of benzene rings is 3. The number of urea groups is 1. The maximum atomic E-state index is 13.2. The Bertz CT molecular complexity index is 1150. The molecule has 0 spiro atoms. The van der Waals surface area contributed by atoms with Crippen molar-refractivity contribution in [3.05, 3.63) is 90.0 Å². The third kappa shape index (κ3) is 9.98. The molecule has 0 heterocycles. The van der Waals surface area contributed by atoms with E-state index in [0.717, 1.165) is 24.8 Å². The fourth-order valence-electron chi connectivity index (χ4n) is 4.16. The van der Waals surface area contributed by atoms with Crippen LogP contribution < -0.4 is 14.8 Å². The number of carbonyl (C=O) groups is 2. The molecule has 8 heteroatoms. The third-order valence-corrected chi connectivity index (χ3v) is 6.24. The number of rotatable bonds is 16. The van der Waals surface area contributed by atoms with Gasteiger partial charge in [0.15, 0.2) is 6.10 Å². The van der Waals surface area contributed by atoms with Crippen LogP contribution in [0, 0.1) is 0 Å². The maximum Gasteiger partial charge on any atom is 0.333 e. The fraction of sp³-hybridized carbons (Fsp3) is 0.355. The largest absolute Gasteiger partial charge is 0.495 e. The van der Waals surface area contributed by atoms with Crippen molar-refractivity contribution >= 4 is 17.7 Å².